The quantitative estimate of drug-likeness (QED) is 0.557. The topological polar surface area (TPSA) is 27.7 Å². The van der Waals surface area contributed by atoms with E-state index in [0.29, 0.717) is 29.6 Å². The molecule has 8 heteroatoms. The Labute approximate surface area is 191 Å². The average molecular weight is 521 g/mol. The number of hydrogen-bond donors (Lipinski definition) is 0. The molecule has 0 bridgehead atoms. The predicted molar refractivity (Wildman–Crippen MR) is 78.6 cm³/mol. The standard InChI is InChI=1S/C14H17BBrFO3.2Y/c1-14(2)18-8-13(20-14)12(5-6-15)19-11-4-3-9(17)7-10(11)16;;/h3-4,7,12-13H,5-6,8H2,1-2H3;;/t12?,13-;;/m0../s1. The molecular formula is C14H17BBrFO3Y2. The Bertz CT molecular complexity index is 479. The van der Waals surface area contributed by atoms with Crippen molar-refractivity contribution in [2.75, 3.05) is 6.61 Å². The van der Waals surface area contributed by atoms with Crippen molar-refractivity contribution in [3.05, 3.63) is 28.5 Å². The van der Waals surface area contributed by atoms with Gasteiger partial charge in [0.05, 0.1) is 18.9 Å². The van der Waals surface area contributed by atoms with E-state index in [0.717, 1.165) is 0 Å². The first-order chi connectivity index (χ1) is 9.41. The van der Waals surface area contributed by atoms with Gasteiger partial charge in [0.25, 0.3) is 0 Å². The third kappa shape index (κ3) is 6.86. The van der Waals surface area contributed by atoms with Crippen LogP contribution in [0.3, 0.4) is 0 Å². The summed E-state index contributed by atoms with van der Waals surface area (Å²) in [6.07, 6.45) is 0.687. The summed E-state index contributed by atoms with van der Waals surface area (Å²) in [5, 5.41) is 0. The van der Waals surface area contributed by atoms with Gasteiger partial charge in [-0.1, -0.05) is 6.32 Å². The van der Waals surface area contributed by atoms with Gasteiger partial charge in [0.2, 0.25) is 0 Å². The van der Waals surface area contributed by atoms with Crippen LogP contribution < -0.4 is 4.74 Å². The van der Waals surface area contributed by atoms with Gasteiger partial charge >= 0.3 is 0 Å². The van der Waals surface area contributed by atoms with E-state index < -0.39 is 5.79 Å². The predicted octanol–water partition coefficient (Wildman–Crippen LogP) is 3.46. The van der Waals surface area contributed by atoms with Gasteiger partial charge in [0.1, 0.15) is 23.8 Å². The van der Waals surface area contributed by atoms with Crippen molar-refractivity contribution < 1.29 is 84.0 Å². The zero-order chi connectivity index (χ0) is 14.8. The molecule has 0 amide bonds. The zero-order valence-electron chi connectivity index (χ0n) is 12.7. The maximum Gasteiger partial charge on any atom is 0.163 e. The molecule has 0 N–H and O–H groups in total. The maximum absolute atomic E-state index is 13.1. The van der Waals surface area contributed by atoms with Crippen molar-refractivity contribution >= 4 is 23.8 Å². The molecule has 4 radical (unpaired) electrons. The molecule has 1 aliphatic rings. The zero-order valence-corrected chi connectivity index (χ0v) is 20.0. The summed E-state index contributed by atoms with van der Waals surface area (Å²) < 4.78 is 30.9. The molecule has 1 aromatic rings. The van der Waals surface area contributed by atoms with Gasteiger partial charge in [-0.3, -0.25) is 0 Å². The van der Waals surface area contributed by atoms with Crippen LogP contribution in [-0.4, -0.2) is 32.4 Å². The van der Waals surface area contributed by atoms with Crippen LogP contribution in [0.5, 0.6) is 5.75 Å². The van der Waals surface area contributed by atoms with Crippen LogP contribution in [0, 0.1) is 5.82 Å². The monoisotopic (exact) mass is 520 g/mol. The molecule has 114 valence electrons. The molecular weight excluding hydrogens is 504 g/mol. The second kappa shape index (κ2) is 10.6. The fraction of sp³-hybridized carbons (Fsp3) is 0.571. The van der Waals surface area contributed by atoms with Crippen molar-refractivity contribution in [2.24, 2.45) is 0 Å². The number of rotatable bonds is 5. The van der Waals surface area contributed by atoms with Crippen molar-refractivity contribution in [3.63, 3.8) is 0 Å². The summed E-state index contributed by atoms with van der Waals surface area (Å²) in [6, 6.07) is 4.31. The van der Waals surface area contributed by atoms with Gasteiger partial charge in [-0.05, 0) is 54.4 Å². The van der Waals surface area contributed by atoms with E-state index in [1.165, 1.54) is 12.1 Å². The van der Waals surface area contributed by atoms with Crippen LogP contribution in [-0.2, 0) is 74.9 Å². The van der Waals surface area contributed by atoms with Gasteiger partial charge in [-0.15, -0.1) is 0 Å². The Kier molecular flexibility index (Phi) is 11.4. The molecule has 1 unspecified atom stereocenters. The molecule has 1 aromatic carbocycles. The largest absolute Gasteiger partial charge is 0.486 e. The normalized spacial score (nSPS) is 20.6. The van der Waals surface area contributed by atoms with E-state index >= 15 is 0 Å². The van der Waals surface area contributed by atoms with Crippen molar-refractivity contribution in [3.8, 4) is 5.75 Å². The third-order valence-electron chi connectivity index (χ3n) is 3.07. The van der Waals surface area contributed by atoms with Gasteiger partial charge < -0.3 is 14.2 Å². The Hall–Kier alpha value is 1.62. The fourth-order valence-corrected chi connectivity index (χ4v) is 2.56. The molecule has 0 spiro atoms. The van der Waals surface area contributed by atoms with Crippen LogP contribution in [0.2, 0.25) is 6.32 Å². The molecule has 1 aliphatic heterocycles. The number of hydrogen-bond acceptors (Lipinski definition) is 3. The molecule has 2 rings (SSSR count). The molecule has 1 saturated heterocycles. The minimum Gasteiger partial charge on any atom is -0.486 e. The second-order valence-electron chi connectivity index (χ2n) is 5.18. The van der Waals surface area contributed by atoms with Crippen molar-refractivity contribution in [2.45, 2.75) is 44.6 Å². The summed E-state index contributed by atoms with van der Waals surface area (Å²) in [5.74, 6) is -0.361. The summed E-state index contributed by atoms with van der Waals surface area (Å²) in [5.41, 5.74) is 0. The van der Waals surface area contributed by atoms with Gasteiger partial charge in [-0.2, -0.15) is 0 Å². The first-order valence-electron chi connectivity index (χ1n) is 6.55. The van der Waals surface area contributed by atoms with Crippen molar-refractivity contribution in [1.29, 1.82) is 0 Å². The molecule has 22 heavy (non-hydrogen) atoms. The third-order valence-corrected chi connectivity index (χ3v) is 3.69. The minimum absolute atomic E-state index is 0. The maximum atomic E-state index is 13.1. The number of ether oxygens (including phenoxy) is 3. The van der Waals surface area contributed by atoms with Crippen LogP contribution in [0.1, 0.15) is 20.3 Å². The summed E-state index contributed by atoms with van der Waals surface area (Å²) in [6.45, 7) is 4.18. The Balaban J connectivity index is 0.00000220. The van der Waals surface area contributed by atoms with E-state index in [4.69, 9.17) is 22.1 Å². The number of benzene rings is 1. The van der Waals surface area contributed by atoms with E-state index in [1.54, 1.807) is 6.07 Å². The average Bonchev–Trinajstić information content (AvgIpc) is 2.72. The second-order valence-corrected chi connectivity index (χ2v) is 6.03. The molecule has 0 aliphatic carbocycles. The number of halogens is 2. The summed E-state index contributed by atoms with van der Waals surface area (Å²) >= 11 is 3.29. The minimum atomic E-state index is -0.610. The van der Waals surface area contributed by atoms with Crippen LogP contribution in [0.4, 0.5) is 4.39 Å². The first kappa shape index (κ1) is 23.6. The summed E-state index contributed by atoms with van der Waals surface area (Å²) in [7, 11) is 5.63. The summed E-state index contributed by atoms with van der Waals surface area (Å²) in [4.78, 5) is 0. The smallest absolute Gasteiger partial charge is 0.163 e. The van der Waals surface area contributed by atoms with Gasteiger partial charge in [0, 0.05) is 65.4 Å². The van der Waals surface area contributed by atoms with Crippen LogP contribution >= 0.6 is 15.9 Å². The molecule has 0 aromatic heterocycles. The fourth-order valence-electron chi connectivity index (χ4n) is 2.12. The Morgan fingerprint density at radius 1 is 1.45 bits per heavy atom. The Morgan fingerprint density at radius 2 is 2.14 bits per heavy atom. The van der Waals surface area contributed by atoms with Gasteiger partial charge in [0.15, 0.2) is 5.79 Å². The SMILES string of the molecule is [B]CCC(Oc1ccc(F)cc1Br)[C@@H]1COC(C)(C)O1.[Y].[Y]. The molecule has 3 nitrogen and oxygen atoms in total. The molecule has 2 atom stereocenters. The van der Waals surface area contributed by atoms with Gasteiger partial charge in [-0.25, -0.2) is 4.39 Å². The van der Waals surface area contributed by atoms with Crippen LogP contribution in [0.15, 0.2) is 22.7 Å². The first-order valence-corrected chi connectivity index (χ1v) is 7.34. The molecule has 0 saturated carbocycles. The van der Waals surface area contributed by atoms with Crippen LogP contribution in [0.25, 0.3) is 0 Å². The van der Waals surface area contributed by atoms with E-state index in [2.05, 4.69) is 15.9 Å². The van der Waals surface area contributed by atoms with E-state index in [9.17, 15) is 4.39 Å². The Morgan fingerprint density at radius 3 is 2.64 bits per heavy atom. The molecule has 1 fully saturated rings. The van der Waals surface area contributed by atoms with Crippen molar-refractivity contribution in [1.82, 2.24) is 0 Å². The van der Waals surface area contributed by atoms with E-state index in [-0.39, 0.29) is 83.4 Å². The van der Waals surface area contributed by atoms with E-state index in [1.807, 2.05) is 13.8 Å². The molecule has 1 heterocycles.